The highest BCUT2D eigenvalue weighted by molar-refractivity contribution is 5.52. The molecule has 1 aromatic carbocycles. The molecule has 1 heterocycles. The molecule has 0 radical (unpaired) electrons. The van der Waals surface area contributed by atoms with Gasteiger partial charge in [0.1, 0.15) is 29.1 Å². The predicted molar refractivity (Wildman–Crippen MR) is 52.6 cm³/mol. The van der Waals surface area contributed by atoms with E-state index in [2.05, 4.69) is 5.10 Å². The molecule has 0 spiro atoms. The van der Waals surface area contributed by atoms with Crippen molar-refractivity contribution in [2.75, 3.05) is 5.73 Å². The summed E-state index contributed by atoms with van der Waals surface area (Å²) in [5, 5.41) is 12.4. The normalized spacial score (nSPS) is 10.1. The average Bonchev–Trinajstić information content (AvgIpc) is 2.58. The molecule has 4 nitrogen and oxygen atoms in total. The van der Waals surface area contributed by atoms with E-state index in [1.165, 1.54) is 6.20 Å². The number of benzene rings is 1. The predicted octanol–water partition coefficient (Wildman–Crippen LogP) is 1.60. The van der Waals surface area contributed by atoms with E-state index >= 15 is 0 Å². The summed E-state index contributed by atoms with van der Waals surface area (Å²) in [5.41, 5.74) is 5.87. The fourth-order valence-corrected chi connectivity index (χ4v) is 1.31. The quantitative estimate of drug-likeness (QED) is 0.793. The third-order valence-electron chi connectivity index (χ3n) is 2.02. The Morgan fingerprint density at radius 1 is 1.25 bits per heavy atom. The van der Waals surface area contributed by atoms with E-state index in [0.29, 0.717) is 0 Å². The van der Waals surface area contributed by atoms with E-state index in [0.717, 1.165) is 22.9 Å². The van der Waals surface area contributed by atoms with Gasteiger partial charge in [-0.15, -0.1) is 0 Å². The highest BCUT2D eigenvalue weighted by atomic mass is 19.1. The first kappa shape index (κ1) is 10.1. The maximum absolute atomic E-state index is 12.9. The highest BCUT2D eigenvalue weighted by Gasteiger charge is 2.10. The molecule has 2 N–H and O–H groups in total. The molecule has 0 atom stereocenters. The van der Waals surface area contributed by atoms with Crippen LogP contribution >= 0.6 is 0 Å². The van der Waals surface area contributed by atoms with Crippen molar-refractivity contribution in [2.24, 2.45) is 0 Å². The van der Waals surface area contributed by atoms with Gasteiger partial charge in [0, 0.05) is 6.07 Å². The van der Waals surface area contributed by atoms with Crippen LogP contribution in [0.15, 0.2) is 24.4 Å². The van der Waals surface area contributed by atoms with Gasteiger partial charge in [0.25, 0.3) is 0 Å². The van der Waals surface area contributed by atoms with Crippen LogP contribution < -0.4 is 5.73 Å². The minimum atomic E-state index is -0.733. The Bertz CT molecular complexity index is 563. The second-order valence-electron chi connectivity index (χ2n) is 3.09. The minimum absolute atomic E-state index is 0.0486. The summed E-state index contributed by atoms with van der Waals surface area (Å²) < 4.78 is 27.0. The van der Waals surface area contributed by atoms with Crippen molar-refractivity contribution in [3.05, 3.63) is 41.6 Å². The highest BCUT2D eigenvalue weighted by Crippen LogP contribution is 2.18. The number of anilines is 1. The molecule has 0 aliphatic carbocycles. The van der Waals surface area contributed by atoms with Crippen LogP contribution in [0.1, 0.15) is 5.56 Å². The molecule has 1 aromatic heterocycles. The smallest absolute Gasteiger partial charge is 0.145 e. The first-order valence-corrected chi connectivity index (χ1v) is 4.32. The fraction of sp³-hybridized carbons (Fsp3) is 0. The number of nitrogen functional groups attached to an aromatic ring is 1. The number of hydrogen-bond acceptors (Lipinski definition) is 3. The Hall–Kier alpha value is -2.42. The lowest BCUT2D eigenvalue weighted by molar-refractivity contribution is 0.580. The van der Waals surface area contributed by atoms with Crippen molar-refractivity contribution in [1.29, 1.82) is 5.26 Å². The first-order chi connectivity index (χ1) is 7.61. The van der Waals surface area contributed by atoms with Gasteiger partial charge < -0.3 is 5.73 Å². The Labute approximate surface area is 89.5 Å². The van der Waals surface area contributed by atoms with Crippen LogP contribution in [0.2, 0.25) is 0 Å². The van der Waals surface area contributed by atoms with Crippen LogP contribution in [0.3, 0.4) is 0 Å². The molecule has 16 heavy (non-hydrogen) atoms. The number of nitrogens with zero attached hydrogens (tertiary/aromatic N) is 3. The molecule has 0 fully saturated rings. The van der Waals surface area contributed by atoms with Crippen LogP contribution in [0, 0.1) is 23.0 Å². The minimum Gasteiger partial charge on any atom is -0.382 e. The summed E-state index contributed by atoms with van der Waals surface area (Å²) in [7, 11) is 0. The van der Waals surface area contributed by atoms with E-state index in [1.54, 1.807) is 0 Å². The van der Waals surface area contributed by atoms with Crippen molar-refractivity contribution in [3.8, 4) is 11.8 Å². The lowest BCUT2D eigenvalue weighted by Gasteiger charge is -2.04. The van der Waals surface area contributed by atoms with Crippen LogP contribution in [-0.2, 0) is 0 Å². The third-order valence-corrected chi connectivity index (χ3v) is 2.02. The largest absolute Gasteiger partial charge is 0.382 e. The van der Waals surface area contributed by atoms with Crippen molar-refractivity contribution in [2.45, 2.75) is 0 Å². The van der Waals surface area contributed by atoms with E-state index in [-0.39, 0.29) is 17.1 Å². The van der Waals surface area contributed by atoms with Gasteiger partial charge in [0.05, 0.1) is 11.9 Å². The lowest BCUT2D eigenvalue weighted by atomic mass is 10.3. The molecule has 2 rings (SSSR count). The van der Waals surface area contributed by atoms with Crippen molar-refractivity contribution in [3.63, 3.8) is 0 Å². The molecule has 0 bridgehead atoms. The van der Waals surface area contributed by atoms with Crippen LogP contribution in [0.4, 0.5) is 14.6 Å². The molecular weight excluding hydrogens is 214 g/mol. The van der Waals surface area contributed by atoms with Crippen molar-refractivity contribution >= 4 is 5.82 Å². The summed E-state index contributed by atoms with van der Waals surface area (Å²) in [5.74, 6) is -1.42. The zero-order valence-corrected chi connectivity index (χ0v) is 7.98. The number of nitriles is 1. The molecule has 0 aliphatic heterocycles. The van der Waals surface area contributed by atoms with Crippen LogP contribution in [0.25, 0.3) is 5.69 Å². The Morgan fingerprint density at radius 3 is 2.38 bits per heavy atom. The Balaban J connectivity index is 2.59. The molecule has 6 heteroatoms. The molecule has 0 saturated carbocycles. The van der Waals surface area contributed by atoms with Gasteiger partial charge in [0.2, 0.25) is 0 Å². The van der Waals surface area contributed by atoms with Gasteiger partial charge in [-0.05, 0) is 12.1 Å². The molecule has 2 aromatic rings. The summed E-state index contributed by atoms with van der Waals surface area (Å²) in [4.78, 5) is 0. The zero-order chi connectivity index (χ0) is 11.7. The van der Waals surface area contributed by atoms with Gasteiger partial charge in [0.15, 0.2) is 0 Å². The van der Waals surface area contributed by atoms with Gasteiger partial charge in [-0.2, -0.15) is 10.4 Å². The summed E-state index contributed by atoms with van der Waals surface area (Å²) in [6.07, 6.45) is 1.23. The Kier molecular flexibility index (Phi) is 2.29. The molecule has 80 valence electrons. The van der Waals surface area contributed by atoms with Gasteiger partial charge in [-0.1, -0.05) is 0 Å². The van der Waals surface area contributed by atoms with E-state index in [9.17, 15) is 8.78 Å². The Morgan fingerprint density at radius 2 is 1.88 bits per heavy atom. The molecular formula is C10H6F2N4. The average molecular weight is 220 g/mol. The van der Waals surface area contributed by atoms with E-state index in [4.69, 9.17) is 11.0 Å². The summed E-state index contributed by atoms with van der Waals surface area (Å²) in [6.45, 7) is 0. The third kappa shape index (κ3) is 1.59. The van der Waals surface area contributed by atoms with Gasteiger partial charge >= 0.3 is 0 Å². The van der Waals surface area contributed by atoms with Crippen LogP contribution in [0.5, 0.6) is 0 Å². The van der Waals surface area contributed by atoms with E-state index in [1.807, 2.05) is 6.07 Å². The fourth-order valence-electron chi connectivity index (χ4n) is 1.31. The standard InChI is InChI=1S/C10H6F2N4/c11-7-1-8(12)3-9(2-7)16-10(14)6(4-13)5-15-16/h1-3,5H,14H2. The van der Waals surface area contributed by atoms with Gasteiger partial charge in [-0.3, -0.25) is 0 Å². The number of hydrogen-bond donors (Lipinski definition) is 1. The van der Waals surface area contributed by atoms with Crippen molar-refractivity contribution < 1.29 is 8.78 Å². The topological polar surface area (TPSA) is 67.6 Å². The SMILES string of the molecule is N#Cc1cnn(-c2cc(F)cc(F)c2)c1N. The second-order valence-corrected chi connectivity index (χ2v) is 3.09. The molecule has 0 amide bonds. The first-order valence-electron chi connectivity index (χ1n) is 4.32. The van der Waals surface area contributed by atoms with Crippen molar-refractivity contribution in [1.82, 2.24) is 9.78 Å². The number of nitrogens with two attached hydrogens (primary N) is 1. The maximum Gasteiger partial charge on any atom is 0.145 e. The monoisotopic (exact) mass is 220 g/mol. The zero-order valence-electron chi connectivity index (χ0n) is 7.98. The van der Waals surface area contributed by atoms with Crippen LogP contribution in [-0.4, -0.2) is 9.78 Å². The second kappa shape index (κ2) is 3.62. The summed E-state index contributed by atoms with van der Waals surface area (Å²) in [6, 6.07) is 4.72. The van der Waals surface area contributed by atoms with Gasteiger partial charge in [-0.25, -0.2) is 13.5 Å². The molecule has 0 unspecified atom stereocenters. The molecule has 0 aliphatic rings. The maximum atomic E-state index is 12.9. The van der Waals surface area contributed by atoms with E-state index < -0.39 is 11.6 Å². The number of aromatic nitrogens is 2. The molecule has 0 saturated heterocycles. The summed E-state index contributed by atoms with van der Waals surface area (Å²) >= 11 is 0. The number of rotatable bonds is 1. The number of halogens is 2. The lowest BCUT2D eigenvalue weighted by Crippen LogP contribution is -2.03.